The maximum absolute atomic E-state index is 12.0. The van der Waals surface area contributed by atoms with Crippen molar-refractivity contribution in [2.24, 2.45) is 10.9 Å². The number of rotatable bonds is 3. The Morgan fingerprint density at radius 2 is 1.85 bits per heavy atom. The molecule has 4 N–H and O–H groups in total. The van der Waals surface area contributed by atoms with Gasteiger partial charge in [-0.3, -0.25) is 4.79 Å². The minimum Gasteiger partial charge on any atom is -0.409 e. The highest BCUT2D eigenvalue weighted by Gasteiger charge is 2.07. The topological polar surface area (TPSA) is 87.7 Å². The van der Waals surface area contributed by atoms with Gasteiger partial charge in [0.15, 0.2) is 5.84 Å². The Labute approximate surface area is 120 Å². The predicted molar refractivity (Wildman–Crippen MR) is 78.4 cm³/mol. The normalized spacial score (nSPS) is 11.2. The molecule has 6 heteroatoms. The number of hydrogen-bond donors (Lipinski definition) is 3. The number of amidine groups is 1. The summed E-state index contributed by atoms with van der Waals surface area (Å²) in [5.74, 6) is -0.312. The number of carbonyl (C=O) groups excluding carboxylic acids is 1. The van der Waals surface area contributed by atoms with Gasteiger partial charge in [0.2, 0.25) is 0 Å². The molecule has 1 amide bonds. The van der Waals surface area contributed by atoms with Crippen LogP contribution < -0.4 is 11.1 Å². The summed E-state index contributed by atoms with van der Waals surface area (Å²) in [7, 11) is 0. The van der Waals surface area contributed by atoms with Crippen molar-refractivity contribution in [3.63, 3.8) is 0 Å². The van der Waals surface area contributed by atoms with Crippen molar-refractivity contribution in [2.75, 3.05) is 5.32 Å². The van der Waals surface area contributed by atoms with Gasteiger partial charge in [0.25, 0.3) is 5.91 Å². The third kappa shape index (κ3) is 3.27. The van der Waals surface area contributed by atoms with Crippen LogP contribution in [-0.2, 0) is 0 Å². The second-order valence-corrected chi connectivity index (χ2v) is 4.47. The fourth-order valence-corrected chi connectivity index (χ4v) is 1.84. The van der Waals surface area contributed by atoms with Crippen LogP contribution >= 0.6 is 11.6 Å². The van der Waals surface area contributed by atoms with E-state index in [1.807, 2.05) is 0 Å². The van der Waals surface area contributed by atoms with E-state index in [0.29, 0.717) is 21.8 Å². The summed E-state index contributed by atoms with van der Waals surface area (Å²) < 4.78 is 0. The van der Waals surface area contributed by atoms with Gasteiger partial charge in [0.1, 0.15) is 0 Å². The average molecular weight is 290 g/mol. The van der Waals surface area contributed by atoms with Gasteiger partial charge >= 0.3 is 0 Å². The quantitative estimate of drug-likeness (QED) is 0.351. The Hall–Kier alpha value is -2.53. The number of nitrogens with one attached hydrogen (secondary N) is 1. The SMILES string of the molecule is N/C(=N/O)c1cccc(NC(=O)c2cccc(Cl)c2)c1. The van der Waals surface area contributed by atoms with Crippen molar-refractivity contribution in [1.82, 2.24) is 0 Å². The number of nitrogens with zero attached hydrogens (tertiary/aromatic N) is 1. The first kappa shape index (κ1) is 13.9. The van der Waals surface area contributed by atoms with Gasteiger partial charge in [0.05, 0.1) is 0 Å². The maximum Gasteiger partial charge on any atom is 0.255 e. The molecule has 0 aliphatic rings. The van der Waals surface area contributed by atoms with Crippen LogP contribution in [0, 0.1) is 0 Å². The molecule has 20 heavy (non-hydrogen) atoms. The summed E-state index contributed by atoms with van der Waals surface area (Å²) in [5.41, 5.74) is 7.00. The number of anilines is 1. The number of carbonyl (C=O) groups is 1. The van der Waals surface area contributed by atoms with Gasteiger partial charge in [-0.05, 0) is 30.3 Å². The molecule has 0 spiro atoms. The van der Waals surface area contributed by atoms with Crippen LogP contribution in [0.1, 0.15) is 15.9 Å². The minimum atomic E-state index is -0.288. The fourth-order valence-electron chi connectivity index (χ4n) is 1.65. The third-order valence-electron chi connectivity index (χ3n) is 2.61. The molecule has 0 bridgehead atoms. The molecular weight excluding hydrogens is 278 g/mol. The van der Waals surface area contributed by atoms with E-state index >= 15 is 0 Å². The molecule has 0 atom stereocenters. The molecule has 102 valence electrons. The van der Waals surface area contributed by atoms with Crippen molar-refractivity contribution >= 4 is 29.0 Å². The Kier molecular flexibility index (Phi) is 4.22. The van der Waals surface area contributed by atoms with Gasteiger partial charge < -0.3 is 16.3 Å². The molecule has 2 aromatic rings. The molecular formula is C14H12ClN3O2. The largest absolute Gasteiger partial charge is 0.409 e. The number of hydrogen-bond acceptors (Lipinski definition) is 3. The molecule has 2 aromatic carbocycles. The minimum absolute atomic E-state index is 0.0242. The Morgan fingerprint density at radius 1 is 1.15 bits per heavy atom. The van der Waals surface area contributed by atoms with Gasteiger partial charge in [-0.15, -0.1) is 0 Å². The van der Waals surface area contributed by atoms with Crippen LogP contribution in [0.2, 0.25) is 5.02 Å². The summed E-state index contributed by atoms with van der Waals surface area (Å²) in [6.45, 7) is 0. The Morgan fingerprint density at radius 3 is 2.55 bits per heavy atom. The van der Waals surface area contributed by atoms with Crippen LogP contribution in [0.4, 0.5) is 5.69 Å². The van der Waals surface area contributed by atoms with Gasteiger partial charge in [-0.2, -0.15) is 0 Å². The van der Waals surface area contributed by atoms with E-state index < -0.39 is 0 Å². The van der Waals surface area contributed by atoms with E-state index in [0.717, 1.165) is 0 Å². The summed E-state index contributed by atoms with van der Waals surface area (Å²) in [5, 5.41) is 14.7. The third-order valence-corrected chi connectivity index (χ3v) is 2.85. The summed E-state index contributed by atoms with van der Waals surface area (Å²) in [6, 6.07) is 13.3. The molecule has 0 radical (unpaired) electrons. The van der Waals surface area contributed by atoms with E-state index in [9.17, 15) is 4.79 Å². The molecule has 0 saturated heterocycles. The van der Waals surface area contributed by atoms with E-state index in [1.165, 1.54) is 0 Å². The summed E-state index contributed by atoms with van der Waals surface area (Å²) >= 11 is 5.84. The van der Waals surface area contributed by atoms with Crippen LogP contribution in [-0.4, -0.2) is 17.0 Å². The van der Waals surface area contributed by atoms with E-state index in [-0.39, 0.29) is 11.7 Å². The van der Waals surface area contributed by atoms with E-state index in [2.05, 4.69) is 10.5 Å². The number of oxime groups is 1. The first-order chi connectivity index (χ1) is 9.60. The first-order valence-electron chi connectivity index (χ1n) is 5.75. The van der Waals surface area contributed by atoms with Crippen LogP contribution in [0.3, 0.4) is 0 Å². The second kappa shape index (κ2) is 6.08. The second-order valence-electron chi connectivity index (χ2n) is 4.03. The lowest BCUT2D eigenvalue weighted by atomic mass is 10.1. The average Bonchev–Trinajstić information content (AvgIpc) is 2.46. The molecule has 5 nitrogen and oxygen atoms in total. The van der Waals surface area contributed by atoms with Crippen LogP contribution in [0.15, 0.2) is 53.7 Å². The zero-order chi connectivity index (χ0) is 14.5. The number of halogens is 1. The van der Waals surface area contributed by atoms with Gasteiger partial charge in [-0.1, -0.05) is 35.0 Å². The highest BCUT2D eigenvalue weighted by atomic mass is 35.5. The molecule has 0 aromatic heterocycles. The summed E-state index contributed by atoms with van der Waals surface area (Å²) in [4.78, 5) is 12.0. The molecule has 0 fully saturated rings. The van der Waals surface area contributed by atoms with Gasteiger partial charge in [0, 0.05) is 21.8 Å². The fraction of sp³-hybridized carbons (Fsp3) is 0. The number of benzene rings is 2. The van der Waals surface area contributed by atoms with Gasteiger partial charge in [-0.25, -0.2) is 0 Å². The highest BCUT2D eigenvalue weighted by molar-refractivity contribution is 6.31. The van der Waals surface area contributed by atoms with E-state index in [4.69, 9.17) is 22.5 Å². The molecule has 0 heterocycles. The highest BCUT2D eigenvalue weighted by Crippen LogP contribution is 2.15. The molecule has 2 rings (SSSR count). The molecule has 0 saturated carbocycles. The Bertz CT molecular complexity index is 671. The molecule has 0 aliphatic carbocycles. The number of nitrogens with two attached hydrogens (primary N) is 1. The lowest BCUT2D eigenvalue weighted by Crippen LogP contribution is -2.15. The van der Waals surface area contributed by atoms with Crippen LogP contribution in [0.5, 0.6) is 0 Å². The zero-order valence-electron chi connectivity index (χ0n) is 10.4. The molecule has 0 unspecified atom stereocenters. The van der Waals surface area contributed by atoms with Crippen molar-refractivity contribution in [3.8, 4) is 0 Å². The van der Waals surface area contributed by atoms with Crippen LogP contribution in [0.25, 0.3) is 0 Å². The Balaban J connectivity index is 2.20. The standard InChI is InChI=1S/C14H12ClN3O2/c15-11-5-1-4-10(7-11)14(19)17-12-6-2-3-9(8-12)13(16)18-20/h1-8,20H,(H2,16,18)(H,17,19). The number of amides is 1. The van der Waals surface area contributed by atoms with Crippen molar-refractivity contribution in [2.45, 2.75) is 0 Å². The van der Waals surface area contributed by atoms with Crippen molar-refractivity contribution < 1.29 is 10.0 Å². The lowest BCUT2D eigenvalue weighted by molar-refractivity contribution is 0.102. The van der Waals surface area contributed by atoms with Crippen molar-refractivity contribution in [3.05, 3.63) is 64.7 Å². The maximum atomic E-state index is 12.0. The predicted octanol–water partition coefficient (Wildman–Crippen LogP) is 2.69. The molecule has 0 aliphatic heterocycles. The first-order valence-corrected chi connectivity index (χ1v) is 6.13. The summed E-state index contributed by atoms with van der Waals surface area (Å²) in [6.07, 6.45) is 0. The van der Waals surface area contributed by atoms with E-state index in [1.54, 1.807) is 48.5 Å². The lowest BCUT2D eigenvalue weighted by Gasteiger charge is -2.07. The monoisotopic (exact) mass is 289 g/mol. The van der Waals surface area contributed by atoms with Crippen molar-refractivity contribution in [1.29, 1.82) is 0 Å². The zero-order valence-corrected chi connectivity index (χ0v) is 11.1. The smallest absolute Gasteiger partial charge is 0.255 e.